The van der Waals surface area contributed by atoms with Gasteiger partial charge in [0.25, 0.3) is 0 Å². The highest BCUT2D eigenvalue weighted by molar-refractivity contribution is 7.89. The Morgan fingerprint density at radius 1 is 0.938 bits per heavy atom. The maximum atomic E-state index is 14.0. The van der Waals surface area contributed by atoms with Gasteiger partial charge in [0.2, 0.25) is 10.0 Å². The number of hydrogen-bond acceptors (Lipinski definition) is 3. The van der Waals surface area contributed by atoms with Crippen LogP contribution in [0, 0.1) is 0 Å². The van der Waals surface area contributed by atoms with Crippen molar-refractivity contribution in [2.75, 3.05) is 7.11 Å². The standard InChI is InChI=1S/C25H21ClN2O3S/c1-31-21-11-13-22(14-12-21)32(29,30)28-17-19-6-2-3-9-23(19)27-15-5-10-24(27)25(28)18-7-4-8-20(26)16-18/h2-16,25H,17H2,1H3/t25-/m1/s1. The lowest BCUT2D eigenvalue weighted by atomic mass is 10.0. The van der Waals surface area contributed by atoms with Crippen LogP contribution < -0.4 is 4.74 Å². The zero-order chi connectivity index (χ0) is 22.3. The second kappa shape index (κ2) is 8.13. The molecule has 1 aromatic heterocycles. The molecule has 0 spiro atoms. The van der Waals surface area contributed by atoms with Crippen LogP contribution >= 0.6 is 11.6 Å². The number of rotatable bonds is 4. The minimum Gasteiger partial charge on any atom is -0.497 e. The first kappa shape index (κ1) is 20.8. The van der Waals surface area contributed by atoms with Gasteiger partial charge >= 0.3 is 0 Å². The van der Waals surface area contributed by atoms with Crippen molar-refractivity contribution in [3.63, 3.8) is 0 Å². The molecule has 0 fully saturated rings. The molecule has 0 N–H and O–H groups in total. The summed E-state index contributed by atoms with van der Waals surface area (Å²) in [5.41, 5.74) is 3.55. The molecule has 0 radical (unpaired) electrons. The number of methoxy groups -OCH3 is 1. The average molecular weight is 465 g/mol. The van der Waals surface area contributed by atoms with Crippen LogP contribution in [0.1, 0.15) is 22.9 Å². The lowest BCUT2D eigenvalue weighted by molar-refractivity contribution is 0.353. The molecule has 0 amide bonds. The normalized spacial score (nSPS) is 16.1. The number of nitrogens with zero attached hydrogens (tertiary/aromatic N) is 2. The molecule has 4 aromatic rings. The van der Waals surface area contributed by atoms with E-state index in [1.165, 1.54) is 0 Å². The zero-order valence-electron chi connectivity index (χ0n) is 17.4. The fourth-order valence-electron chi connectivity index (χ4n) is 4.24. The van der Waals surface area contributed by atoms with Gasteiger partial charge < -0.3 is 9.30 Å². The Hall–Kier alpha value is -3.06. The molecule has 1 aliphatic rings. The van der Waals surface area contributed by atoms with Gasteiger partial charge in [-0.05, 0) is 65.7 Å². The van der Waals surface area contributed by atoms with Crippen molar-refractivity contribution in [3.05, 3.63) is 113 Å². The van der Waals surface area contributed by atoms with E-state index in [4.69, 9.17) is 16.3 Å². The number of aromatic nitrogens is 1. The van der Waals surface area contributed by atoms with Gasteiger partial charge in [-0.2, -0.15) is 4.31 Å². The highest BCUT2D eigenvalue weighted by atomic mass is 35.5. The van der Waals surface area contributed by atoms with E-state index in [-0.39, 0.29) is 11.4 Å². The summed E-state index contributed by atoms with van der Waals surface area (Å²) in [5, 5.41) is 0.559. The minimum absolute atomic E-state index is 0.211. The molecule has 1 atom stereocenters. The smallest absolute Gasteiger partial charge is 0.244 e. The highest BCUT2D eigenvalue weighted by Crippen LogP contribution is 2.40. The van der Waals surface area contributed by atoms with Gasteiger partial charge in [0, 0.05) is 29.1 Å². The van der Waals surface area contributed by atoms with E-state index >= 15 is 0 Å². The molecule has 0 saturated carbocycles. The van der Waals surface area contributed by atoms with Crippen molar-refractivity contribution in [1.29, 1.82) is 0 Å². The Labute approximate surface area is 192 Å². The van der Waals surface area contributed by atoms with Crippen molar-refractivity contribution in [1.82, 2.24) is 8.87 Å². The van der Waals surface area contributed by atoms with E-state index in [9.17, 15) is 8.42 Å². The molecule has 32 heavy (non-hydrogen) atoms. The van der Waals surface area contributed by atoms with Crippen LogP contribution in [-0.4, -0.2) is 24.4 Å². The van der Waals surface area contributed by atoms with Crippen LogP contribution in [0.2, 0.25) is 5.02 Å². The minimum atomic E-state index is -3.86. The number of hydrogen-bond donors (Lipinski definition) is 0. The summed E-state index contributed by atoms with van der Waals surface area (Å²) in [5.74, 6) is 0.602. The molecule has 7 heteroatoms. The monoisotopic (exact) mass is 464 g/mol. The SMILES string of the molecule is COc1ccc(S(=O)(=O)N2Cc3ccccc3-n3cccc3[C@H]2c2cccc(Cl)c2)cc1. The van der Waals surface area contributed by atoms with Gasteiger partial charge in [0.1, 0.15) is 5.75 Å². The maximum Gasteiger partial charge on any atom is 0.244 e. The fraction of sp³-hybridized carbons (Fsp3) is 0.120. The predicted octanol–water partition coefficient (Wildman–Crippen LogP) is 5.43. The number of ether oxygens (including phenoxy) is 1. The summed E-state index contributed by atoms with van der Waals surface area (Å²) in [7, 11) is -2.31. The highest BCUT2D eigenvalue weighted by Gasteiger charge is 2.38. The molecular weight excluding hydrogens is 444 g/mol. The Morgan fingerprint density at radius 2 is 1.72 bits per heavy atom. The maximum absolute atomic E-state index is 14.0. The van der Waals surface area contributed by atoms with Gasteiger partial charge in [-0.25, -0.2) is 8.42 Å². The molecule has 5 rings (SSSR count). The molecule has 0 bridgehead atoms. The third-order valence-electron chi connectivity index (χ3n) is 5.76. The van der Waals surface area contributed by atoms with Crippen LogP contribution in [0.25, 0.3) is 5.69 Å². The number of halogens is 1. The Balaban J connectivity index is 1.75. The first-order chi connectivity index (χ1) is 15.5. The van der Waals surface area contributed by atoms with Crippen molar-refractivity contribution < 1.29 is 13.2 Å². The summed E-state index contributed by atoms with van der Waals surface area (Å²) in [4.78, 5) is 0.211. The van der Waals surface area contributed by atoms with E-state index < -0.39 is 16.1 Å². The van der Waals surface area contributed by atoms with Gasteiger partial charge in [0.05, 0.1) is 18.0 Å². The molecule has 3 aromatic carbocycles. The average Bonchev–Trinajstić information content (AvgIpc) is 3.23. The van der Waals surface area contributed by atoms with Gasteiger partial charge in [-0.1, -0.05) is 41.9 Å². The first-order valence-corrected chi connectivity index (χ1v) is 12.0. The third kappa shape index (κ3) is 3.50. The quantitative estimate of drug-likeness (QED) is 0.404. The van der Waals surface area contributed by atoms with Gasteiger partial charge in [0.15, 0.2) is 0 Å². The summed E-state index contributed by atoms with van der Waals surface area (Å²) >= 11 is 6.32. The Bertz CT molecular complexity index is 1380. The molecule has 0 saturated heterocycles. The zero-order valence-corrected chi connectivity index (χ0v) is 18.9. The molecule has 0 unspecified atom stereocenters. The first-order valence-electron chi connectivity index (χ1n) is 10.2. The van der Waals surface area contributed by atoms with E-state index in [0.717, 1.165) is 22.5 Å². The van der Waals surface area contributed by atoms with Gasteiger partial charge in [-0.15, -0.1) is 0 Å². The molecule has 1 aliphatic heterocycles. The van der Waals surface area contributed by atoms with Crippen molar-refractivity contribution in [3.8, 4) is 11.4 Å². The largest absolute Gasteiger partial charge is 0.497 e. The third-order valence-corrected chi connectivity index (χ3v) is 7.82. The Kier molecular flexibility index (Phi) is 5.29. The summed E-state index contributed by atoms with van der Waals surface area (Å²) in [6.45, 7) is 0.226. The van der Waals surface area contributed by atoms with Gasteiger partial charge in [-0.3, -0.25) is 0 Å². The number of benzene rings is 3. The molecular formula is C25H21ClN2O3S. The van der Waals surface area contributed by atoms with Crippen molar-refractivity contribution in [2.45, 2.75) is 17.5 Å². The summed E-state index contributed by atoms with van der Waals surface area (Å²) in [6.07, 6.45) is 1.97. The molecule has 0 aliphatic carbocycles. The number of fused-ring (bicyclic) bond motifs is 3. The second-order valence-electron chi connectivity index (χ2n) is 7.62. The van der Waals surface area contributed by atoms with Crippen molar-refractivity contribution >= 4 is 21.6 Å². The molecule has 5 nitrogen and oxygen atoms in total. The fourth-order valence-corrected chi connectivity index (χ4v) is 6.01. The summed E-state index contributed by atoms with van der Waals surface area (Å²) in [6, 6.07) is 25.1. The van der Waals surface area contributed by atoms with E-state index in [0.29, 0.717) is 10.8 Å². The van der Waals surface area contributed by atoms with E-state index in [1.54, 1.807) is 41.7 Å². The topological polar surface area (TPSA) is 51.5 Å². The second-order valence-corrected chi connectivity index (χ2v) is 9.94. The van der Waals surface area contributed by atoms with Crippen LogP contribution in [0.3, 0.4) is 0 Å². The Morgan fingerprint density at radius 3 is 2.47 bits per heavy atom. The van der Waals surface area contributed by atoms with E-state index in [2.05, 4.69) is 4.57 Å². The lowest BCUT2D eigenvalue weighted by Gasteiger charge is -2.30. The summed E-state index contributed by atoms with van der Waals surface area (Å²) < 4.78 is 36.8. The number of para-hydroxylation sites is 1. The molecule has 2 heterocycles. The van der Waals surface area contributed by atoms with Crippen LogP contribution in [0.15, 0.2) is 96.0 Å². The van der Waals surface area contributed by atoms with Crippen molar-refractivity contribution in [2.24, 2.45) is 0 Å². The van der Waals surface area contributed by atoms with Crippen LogP contribution in [0.5, 0.6) is 5.75 Å². The molecule has 162 valence electrons. The van der Waals surface area contributed by atoms with Crippen LogP contribution in [-0.2, 0) is 16.6 Å². The lowest BCUT2D eigenvalue weighted by Crippen LogP contribution is -2.34. The van der Waals surface area contributed by atoms with Crippen LogP contribution in [0.4, 0.5) is 0 Å². The predicted molar refractivity (Wildman–Crippen MR) is 125 cm³/mol. The van der Waals surface area contributed by atoms with E-state index in [1.807, 2.05) is 60.8 Å². The number of sulfonamides is 1.